The molecule has 0 atom stereocenters. The maximum Gasteiger partial charge on any atom is 0.251 e. The van der Waals surface area contributed by atoms with Gasteiger partial charge in [0.15, 0.2) is 0 Å². The maximum absolute atomic E-state index is 12.2. The van der Waals surface area contributed by atoms with E-state index in [2.05, 4.69) is 31.1 Å². The van der Waals surface area contributed by atoms with Gasteiger partial charge in [-0.3, -0.25) is 4.79 Å². The molecule has 112 valence electrons. The summed E-state index contributed by atoms with van der Waals surface area (Å²) in [5, 5.41) is 5.86. The highest BCUT2D eigenvalue weighted by atomic mass is 32.1. The standard InChI is InChI=1S/C16H21N3OS/c1-10-5-6-11(17)7-12(10)15(20)18-8-14-19-13(9-21-14)16(2,3)4/h5-7,9H,8,17H2,1-4H3,(H,18,20). The molecule has 4 nitrogen and oxygen atoms in total. The van der Waals surface area contributed by atoms with Gasteiger partial charge in [-0.1, -0.05) is 26.8 Å². The number of nitrogen functional groups attached to an aromatic ring is 1. The molecule has 2 rings (SSSR count). The lowest BCUT2D eigenvalue weighted by Gasteiger charge is -2.14. The van der Waals surface area contributed by atoms with Crippen LogP contribution in [0.15, 0.2) is 23.6 Å². The molecule has 21 heavy (non-hydrogen) atoms. The molecular formula is C16H21N3OS. The third-order valence-corrected chi connectivity index (χ3v) is 4.08. The second-order valence-electron chi connectivity index (χ2n) is 6.13. The molecule has 0 bridgehead atoms. The van der Waals surface area contributed by atoms with Crippen LogP contribution in [0.4, 0.5) is 5.69 Å². The van der Waals surface area contributed by atoms with Gasteiger partial charge in [0, 0.05) is 22.0 Å². The zero-order valence-corrected chi connectivity index (χ0v) is 13.7. The minimum Gasteiger partial charge on any atom is -0.399 e. The lowest BCUT2D eigenvalue weighted by molar-refractivity contribution is 0.0950. The van der Waals surface area contributed by atoms with Crippen molar-refractivity contribution in [3.63, 3.8) is 0 Å². The lowest BCUT2D eigenvalue weighted by atomic mass is 9.93. The number of hydrogen-bond acceptors (Lipinski definition) is 4. The summed E-state index contributed by atoms with van der Waals surface area (Å²) in [7, 11) is 0. The van der Waals surface area contributed by atoms with Crippen molar-refractivity contribution in [1.82, 2.24) is 10.3 Å². The number of amides is 1. The van der Waals surface area contributed by atoms with Crippen LogP contribution in [0.2, 0.25) is 0 Å². The molecule has 0 spiro atoms. The van der Waals surface area contributed by atoms with Crippen molar-refractivity contribution in [2.24, 2.45) is 0 Å². The van der Waals surface area contributed by atoms with Gasteiger partial charge >= 0.3 is 0 Å². The van der Waals surface area contributed by atoms with Gasteiger partial charge < -0.3 is 11.1 Å². The summed E-state index contributed by atoms with van der Waals surface area (Å²) in [6.45, 7) is 8.71. The summed E-state index contributed by atoms with van der Waals surface area (Å²) in [5.41, 5.74) is 8.94. The fourth-order valence-electron chi connectivity index (χ4n) is 1.87. The molecule has 1 aromatic carbocycles. The first kappa shape index (κ1) is 15.5. The van der Waals surface area contributed by atoms with Crippen molar-refractivity contribution in [2.75, 3.05) is 5.73 Å². The molecule has 0 radical (unpaired) electrons. The van der Waals surface area contributed by atoms with Crippen LogP contribution in [0.25, 0.3) is 0 Å². The smallest absolute Gasteiger partial charge is 0.251 e. The molecule has 0 aliphatic rings. The van der Waals surface area contributed by atoms with Crippen LogP contribution >= 0.6 is 11.3 Å². The van der Waals surface area contributed by atoms with Gasteiger partial charge in [0.1, 0.15) is 5.01 Å². The van der Waals surface area contributed by atoms with Gasteiger partial charge in [-0.25, -0.2) is 4.98 Å². The van der Waals surface area contributed by atoms with E-state index in [0.717, 1.165) is 16.3 Å². The minimum absolute atomic E-state index is 0.0310. The predicted octanol–water partition coefficient (Wildman–Crippen LogP) is 3.26. The van der Waals surface area contributed by atoms with Crippen LogP contribution < -0.4 is 11.1 Å². The molecule has 0 aliphatic heterocycles. The molecule has 0 saturated heterocycles. The number of thiazole rings is 1. The van der Waals surface area contributed by atoms with Crippen molar-refractivity contribution >= 4 is 22.9 Å². The van der Waals surface area contributed by atoms with Crippen molar-refractivity contribution < 1.29 is 4.79 Å². The van der Waals surface area contributed by atoms with Crippen LogP contribution in [-0.2, 0) is 12.0 Å². The van der Waals surface area contributed by atoms with Crippen molar-refractivity contribution in [2.45, 2.75) is 39.7 Å². The van der Waals surface area contributed by atoms with Crippen molar-refractivity contribution in [3.05, 3.63) is 45.4 Å². The van der Waals surface area contributed by atoms with E-state index in [1.54, 1.807) is 23.5 Å². The SMILES string of the molecule is Cc1ccc(N)cc1C(=O)NCc1nc(C(C)(C)C)cs1. The Morgan fingerprint density at radius 1 is 1.38 bits per heavy atom. The highest BCUT2D eigenvalue weighted by Gasteiger charge is 2.17. The summed E-state index contributed by atoms with van der Waals surface area (Å²) < 4.78 is 0. The summed E-state index contributed by atoms with van der Waals surface area (Å²) in [5.74, 6) is -0.118. The first-order valence-electron chi connectivity index (χ1n) is 6.86. The van der Waals surface area contributed by atoms with Crippen LogP contribution in [-0.4, -0.2) is 10.9 Å². The molecule has 5 heteroatoms. The molecule has 0 saturated carbocycles. The Bertz CT molecular complexity index is 656. The molecule has 1 aromatic heterocycles. The number of aryl methyl sites for hydroxylation is 1. The zero-order chi connectivity index (χ0) is 15.6. The number of nitrogens with zero attached hydrogens (tertiary/aromatic N) is 1. The quantitative estimate of drug-likeness (QED) is 0.855. The molecule has 0 fully saturated rings. The van der Waals surface area contributed by atoms with Crippen LogP contribution in [0, 0.1) is 6.92 Å². The predicted molar refractivity (Wildman–Crippen MR) is 87.6 cm³/mol. The van der Waals surface area contributed by atoms with E-state index in [1.165, 1.54) is 0 Å². The van der Waals surface area contributed by atoms with E-state index >= 15 is 0 Å². The topological polar surface area (TPSA) is 68.0 Å². The Morgan fingerprint density at radius 2 is 2.10 bits per heavy atom. The number of hydrogen-bond donors (Lipinski definition) is 2. The third-order valence-electron chi connectivity index (χ3n) is 3.23. The molecule has 1 heterocycles. The number of nitrogens with two attached hydrogens (primary N) is 1. The van der Waals surface area contributed by atoms with Gasteiger partial charge in [-0.2, -0.15) is 0 Å². The fourth-order valence-corrected chi connectivity index (χ4v) is 2.83. The third kappa shape index (κ3) is 3.82. The first-order chi connectivity index (χ1) is 9.77. The van der Waals surface area contributed by atoms with E-state index < -0.39 is 0 Å². The van der Waals surface area contributed by atoms with E-state index in [-0.39, 0.29) is 11.3 Å². The van der Waals surface area contributed by atoms with Crippen molar-refractivity contribution in [3.8, 4) is 0 Å². The summed E-state index contributed by atoms with van der Waals surface area (Å²) in [6.07, 6.45) is 0. The monoisotopic (exact) mass is 303 g/mol. The fraction of sp³-hybridized carbons (Fsp3) is 0.375. The number of nitrogens with one attached hydrogen (secondary N) is 1. The summed E-state index contributed by atoms with van der Waals surface area (Å²) >= 11 is 1.57. The number of carbonyl (C=O) groups excluding carboxylic acids is 1. The maximum atomic E-state index is 12.2. The van der Waals surface area contributed by atoms with Gasteiger partial charge in [-0.15, -0.1) is 11.3 Å². The molecule has 3 N–H and O–H groups in total. The van der Waals surface area contributed by atoms with Gasteiger partial charge in [-0.05, 0) is 24.6 Å². The zero-order valence-electron chi connectivity index (χ0n) is 12.9. The summed E-state index contributed by atoms with van der Waals surface area (Å²) in [6, 6.07) is 5.35. The minimum atomic E-state index is -0.118. The molecular weight excluding hydrogens is 282 g/mol. The second-order valence-corrected chi connectivity index (χ2v) is 7.08. The number of benzene rings is 1. The molecule has 0 aliphatic carbocycles. The van der Waals surface area contributed by atoms with E-state index in [4.69, 9.17) is 5.73 Å². The Balaban J connectivity index is 2.04. The Labute approximate surface area is 129 Å². The molecule has 2 aromatic rings. The highest BCUT2D eigenvalue weighted by Crippen LogP contribution is 2.23. The van der Waals surface area contributed by atoms with Gasteiger partial charge in [0.05, 0.1) is 12.2 Å². The van der Waals surface area contributed by atoms with Crippen LogP contribution in [0.3, 0.4) is 0 Å². The average Bonchev–Trinajstić information content (AvgIpc) is 2.87. The van der Waals surface area contributed by atoms with Gasteiger partial charge in [0.25, 0.3) is 5.91 Å². The highest BCUT2D eigenvalue weighted by molar-refractivity contribution is 7.09. The normalized spacial score (nSPS) is 11.4. The van der Waals surface area contributed by atoms with Crippen LogP contribution in [0.5, 0.6) is 0 Å². The van der Waals surface area contributed by atoms with E-state index in [9.17, 15) is 4.79 Å². The van der Waals surface area contributed by atoms with Crippen LogP contribution in [0.1, 0.15) is 47.4 Å². The molecule has 1 amide bonds. The molecule has 0 unspecified atom stereocenters. The summed E-state index contributed by atoms with van der Waals surface area (Å²) in [4.78, 5) is 16.8. The lowest BCUT2D eigenvalue weighted by Crippen LogP contribution is -2.24. The van der Waals surface area contributed by atoms with E-state index in [1.807, 2.05) is 18.4 Å². The largest absolute Gasteiger partial charge is 0.399 e. The van der Waals surface area contributed by atoms with Crippen molar-refractivity contribution in [1.29, 1.82) is 0 Å². The number of aromatic nitrogens is 1. The number of rotatable bonds is 3. The number of carbonyl (C=O) groups is 1. The second kappa shape index (κ2) is 5.85. The van der Waals surface area contributed by atoms with E-state index in [0.29, 0.717) is 17.8 Å². The Kier molecular flexibility index (Phi) is 4.32. The number of anilines is 1. The Morgan fingerprint density at radius 3 is 2.71 bits per heavy atom. The average molecular weight is 303 g/mol. The Hall–Kier alpha value is -1.88. The van der Waals surface area contributed by atoms with Gasteiger partial charge in [0.2, 0.25) is 0 Å². The first-order valence-corrected chi connectivity index (χ1v) is 7.74.